The van der Waals surface area contributed by atoms with Crippen molar-refractivity contribution in [1.82, 2.24) is 0 Å². The molecule has 3 heteroatoms. The van der Waals surface area contributed by atoms with Crippen molar-refractivity contribution in [1.29, 1.82) is 0 Å². The molecule has 1 aromatic carbocycles. The van der Waals surface area contributed by atoms with Gasteiger partial charge in [-0.3, -0.25) is 0 Å². The lowest BCUT2D eigenvalue weighted by Crippen LogP contribution is -2.34. The van der Waals surface area contributed by atoms with Crippen LogP contribution in [0.4, 0.5) is 0 Å². The van der Waals surface area contributed by atoms with Crippen molar-refractivity contribution in [3.05, 3.63) is 48.6 Å². The molecule has 0 amide bonds. The molecule has 0 aliphatic carbocycles. The van der Waals surface area contributed by atoms with E-state index in [2.05, 4.69) is 6.58 Å². The Morgan fingerprint density at radius 2 is 1.80 bits per heavy atom. The molecule has 1 unspecified atom stereocenters. The fraction of sp³-hybridized carbons (Fsp3) is 0.333. The van der Waals surface area contributed by atoms with Crippen LogP contribution in [0.2, 0.25) is 0 Å². The molecule has 0 spiro atoms. The first-order chi connectivity index (χ1) is 7.20. The van der Waals surface area contributed by atoms with Gasteiger partial charge in [0, 0.05) is 5.92 Å². The maximum Gasteiger partial charge on any atom is 0.104 e. The molecule has 3 N–H and O–H groups in total. The van der Waals surface area contributed by atoms with Gasteiger partial charge in [0.05, 0.1) is 12.7 Å². The fourth-order valence-corrected chi connectivity index (χ4v) is 1.50. The number of aliphatic hydroxyl groups is 3. The van der Waals surface area contributed by atoms with E-state index in [1.54, 1.807) is 6.08 Å². The highest BCUT2D eigenvalue weighted by molar-refractivity contribution is 5.25. The van der Waals surface area contributed by atoms with Crippen LogP contribution in [0.3, 0.4) is 0 Å². The molecule has 0 saturated carbocycles. The van der Waals surface area contributed by atoms with Gasteiger partial charge in [-0.25, -0.2) is 0 Å². The van der Waals surface area contributed by atoms with Crippen LogP contribution in [0.15, 0.2) is 43.0 Å². The van der Waals surface area contributed by atoms with Gasteiger partial charge in [-0.1, -0.05) is 36.4 Å². The molecule has 0 aliphatic rings. The van der Waals surface area contributed by atoms with Crippen LogP contribution in [0.5, 0.6) is 0 Å². The average Bonchev–Trinajstić information content (AvgIpc) is 2.30. The highest BCUT2D eigenvalue weighted by Crippen LogP contribution is 2.22. The van der Waals surface area contributed by atoms with Crippen molar-refractivity contribution < 1.29 is 15.3 Å². The van der Waals surface area contributed by atoms with Crippen molar-refractivity contribution in [3.8, 4) is 0 Å². The Bertz CT molecular complexity index is 297. The Morgan fingerprint density at radius 3 is 2.27 bits per heavy atom. The van der Waals surface area contributed by atoms with E-state index in [9.17, 15) is 10.2 Å². The predicted molar refractivity (Wildman–Crippen MR) is 58.5 cm³/mol. The van der Waals surface area contributed by atoms with Crippen LogP contribution in [0.25, 0.3) is 0 Å². The minimum absolute atomic E-state index is 0.367. The quantitative estimate of drug-likeness (QED) is 0.623. The van der Waals surface area contributed by atoms with E-state index in [0.717, 1.165) is 5.56 Å². The van der Waals surface area contributed by atoms with Gasteiger partial charge < -0.3 is 15.3 Å². The third-order valence-corrected chi connectivity index (χ3v) is 2.39. The Kier molecular flexibility index (Phi) is 4.49. The minimum Gasteiger partial charge on any atom is -0.394 e. The molecule has 0 aromatic heterocycles. The maximum absolute atomic E-state index is 9.75. The smallest absolute Gasteiger partial charge is 0.104 e. The molecule has 15 heavy (non-hydrogen) atoms. The zero-order chi connectivity index (χ0) is 11.3. The van der Waals surface area contributed by atoms with E-state index in [1.165, 1.54) is 0 Å². The molecule has 0 fully saturated rings. The van der Waals surface area contributed by atoms with Gasteiger partial charge in [0.25, 0.3) is 0 Å². The molecule has 0 aliphatic heterocycles. The molecular weight excluding hydrogens is 192 g/mol. The number of benzene rings is 1. The predicted octanol–water partition coefficient (Wildman–Crippen LogP) is 0.670. The second-order valence-electron chi connectivity index (χ2n) is 3.41. The molecular formula is C12H16O3. The Morgan fingerprint density at radius 1 is 1.20 bits per heavy atom. The molecule has 82 valence electrons. The number of aliphatic hydroxyl groups excluding tert-OH is 3. The molecule has 0 heterocycles. The first-order valence-electron chi connectivity index (χ1n) is 4.85. The third-order valence-electron chi connectivity index (χ3n) is 2.39. The fourth-order valence-electron chi connectivity index (χ4n) is 1.50. The van der Waals surface area contributed by atoms with Crippen LogP contribution in [0, 0.1) is 0 Å². The van der Waals surface area contributed by atoms with Crippen LogP contribution in [-0.4, -0.2) is 34.1 Å². The molecule has 1 rings (SSSR count). The SMILES string of the molecule is C=CC(c1ccccc1)[C@@H](O)[C@H](O)CO. The summed E-state index contributed by atoms with van der Waals surface area (Å²) in [5.41, 5.74) is 0.868. The topological polar surface area (TPSA) is 60.7 Å². The number of hydrogen-bond acceptors (Lipinski definition) is 3. The molecule has 3 atom stereocenters. The zero-order valence-corrected chi connectivity index (χ0v) is 8.45. The number of rotatable bonds is 5. The Labute approximate surface area is 89.3 Å². The van der Waals surface area contributed by atoms with E-state index in [1.807, 2.05) is 30.3 Å². The second-order valence-corrected chi connectivity index (χ2v) is 3.41. The van der Waals surface area contributed by atoms with Crippen molar-refractivity contribution in [3.63, 3.8) is 0 Å². The maximum atomic E-state index is 9.75. The number of hydrogen-bond donors (Lipinski definition) is 3. The first-order valence-corrected chi connectivity index (χ1v) is 4.85. The minimum atomic E-state index is -1.15. The lowest BCUT2D eigenvalue weighted by atomic mass is 9.90. The summed E-state index contributed by atoms with van der Waals surface area (Å²) >= 11 is 0. The van der Waals surface area contributed by atoms with Crippen LogP contribution < -0.4 is 0 Å². The van der Waals surface area contributed by atoms with Crippen molar-refractivity contribution in [2.75, 3.05) is 6.61 Å². The second kappa shape index (κ2) is 5.66. The lowest BCUT2D eigenvalue weighted by molar-refractivity contribution is -0.0202. The van der Waals surface area contributed by atoms with Crippen LogP contribution in [-0.2, 0) is 0 Å². The summed E-state index contributed by atoms with van der Waals surface area (Å²) in [7, 11) is 0. The Hall–Kier alpha value is -1.16. The average molecular weight is 208 g/mol. The summed E-state index contributed by atoms with van der Waals surface area (Å²) in [6, 6.07) is 9.27. The molecule has 0 radical (unpaired) electrons. The highest BCUT2D eigenvalue weighted by Gasteiger charge is 2.24. The van der Waals surface area contributed by atoms with E-state index in [4.69, 9.17) is 5.11 Å². The van der Waals surface area contributed by atoms with Crippen molar-refractivity contribution in [2.45, 2.75) is 18.1 Å². The lowest BCUT2D eigenvalue weighted by Gasteiger charge is -2.23. The van der Waals surface area contributed by atoms with Gasteiger partial charge in [0.15, 0.2) is 0 Å². The monoisotopic (exact) mass is 208 g/mol. The molecule has 3 nitrogen and oxygen atoms in total. The normalized spacial score (nSPS) is 16.7. The molecule has 0 bridgehead atoms. The van der Waals surface area contributed by atoms with Crippen molar-refractivity contribution in [2.24, 2.45) is 0 Å². The van der Waals surface area contributed by atoms with E-state index in [-0.39, 0.29) is 5.92 Å². The summed E-state index contributed by atoms with van der Waals surface area (Å²) < 4.78 is 0. The van der Waals surface area contributed by atoms with Gasteiger partial charge in [-0.15, -0.1) is 6.58 Å². The molecule has 1 aromatic rings. The highest BCUT2D eigenvalue weighted by atomic mass is 16.4. The van der Waals surface area contributed by atoms with Gasteiger partial charge in [0.2, 0.25) is 0 Å². The van der Waals surface area contributed by atoms with Gasteiger partial charge in [-0.05, 0) is 5.56 Å². The molecule has 0 saturated heterocycles. The summed E-state index contributed by atoms with van der Waals surface area (Å²) in [4.78, 5) is 0. The van der Waals surface area contributed by atoms with Gasteiger partial charge >= 0.3 is 0 Å². The first kappa shape index (κ1) is 11.9. The zero-order valence-electron chi connectivity index (χ0n) is 8.45. The van der Waals surface area contributed by atoms with Gasteiger partial charge in [-0.2, -0.15) is 0 Å². The van der Waals surface area contributed by atoms with E-state index >= 15 is 0 Å². The standard InChI is InChI=1S/C12H16O3/c1-2-10(12(15)11(14)8-13)9-6-4-3-5-7-9/h2-7,10-15H,1,8H2/t10?,11-,12-/m1/s1. The van der Waals surface area contributed by atoms with Crippen LogP contribution >= 0.6 is 0 Å². The summed E-state index contributed by atoms with van der Waals surface area (Å²) in [5.74, 6) is -0.367. The van der Waals surface area contributed by atoms with E-state index in [0.29, 0.717) is 0 Å². The largest absolute Gasteiger partial charge is 0.394 e. The summed E-state index contributed by atoms with van der Waals surface area (Å²) in [6.45, 7) is 3.16. The van der Waals surface area contributed by atoms with E-state index < -0.39 is 18.8 Å². The summed E-state index contributed by atoms with van der Waals surface area (Å²) in [5, 5.41) is 27.8. The Balaban J connectivity index is 2.85. The third kappa shape index (κ3) is 2.89. The van der Waals surface area contributed by atoms with Gasteiger partial charge in [0.1, 0.15) is 6.10 Å². The van der Waals surface area contributed by atoms with Crippen LogP contribution in [0.1, 0.15) is 11.5 Å². The van der Waals surface area contributed by atoms with Crippen molar-refractivity contribution >= 4 is 0 Å². The summed E-state index contributed by atoms with van der Waals surface area (Å²) in [6.07, 6.45) is -0.609.